The third-order valence-corrected chi connectivity index (χ3v) is 3.08. The maximum absolute atomic E-state index is 10.3. The molecule has 0 aliphatic carbocycles. The highest BCUT2D eigenvalue weighted by atomic mass is 16.4. The molecule has 0 radical (unpaired) electrons. The summed E-state index contributed by atoms with van der Waals surface area (Å²) in [5, 5.41) is 10.9. The molecule has 0 amide bonds. The van der Waals surface area contributed by atoms with Crippen molar-refractivity contribution in [3.63, 3.8) is 0 Å². The lowest BCUT2D eigenvalue weighted by Gasteiger charge is -2.05. The van der Waals surface area contributed by atoms with Crippen LogP contribution in [0.25, 0.3) is 10.8 Å². The number of pyridine rings is 1. The second kappa shape index (κ2) is 6.69. The Morgan fingerprint density at radius 2 is 2.05 bits per heavy atom. The number of unbranched alkanes of at least 4 members (excludes halogenated alkanes) is 2. The third-order valence-electron chi connectivity index (χ3n) is 3.08. The smallest absolute Gasteiger partial charge is 0.327 e. The number of rotatable bonds is 6. The Hall–Kier alpha value is -2.16. The van der Waals surface area contributed by atoms with E-state index in [1.54, 1.807) is 6.08 Å². The first-order valence-electron chi connectivity index (χ1n) is 6.48. The lowest BCUT2D eigenvalue weighted by Crippen LogP contribution is -1.90. The topological polar surface area (TPSA) is 50.2 Å². The quantitative estimate of drug-likeness (QED) is 0.634. The van der Waals surface area contributed by atoms with E-state index in [4.69, 9.17) is 5.11 Å². The molecule has 2 aromatic rings. The Labute approximate surface area is 112 Å². The Morgan fingerprint density at radius 3 is 2.89 bits per heavy atom. The van der Waals surface area contributed by atoms with Crippen molar-refractivity contribution in [1.29, 1.82) is 0 Å². The molecule has 0 unspecified atom stereocenters. The zero-order valence-electron chi connectivity index (χ0n) is 10.7. The average Bonchev–Trinajstić information content (AvgIpc) is 2.42. The fraction of sp³-hybridized carbons (Fsp3) is 0.250. The first-order valence-corrected chi connectivity index (χ1v) is 6.48. The van der Waals surface area contributed by atoms with Crippen LogP contribution in [-0.4, -0.2) is 16.1 Å². The zero-order valence-corrected chi connectivity index (χ0v) is 10.7. The first-order chi connectivity index (χ1) is 9.27. The van der Waals surface area contributed by atoms with Crippen molar-refractivity contribution in [3.8, 4) is 0 Å². The van der Waals surface area contributed by atoms with Crippen LogP contribution in [-0.2, 0) is 11.2 Å². The molecule has 98 valence electrons. The minimum absolute atomic E-state index is 0.810. The fourth-order valence-electron chi connectivity index (χ4n) is 2.14. The summed E-state index contributed by atoms with van der Waals surface area (Å²) in [6.45, 7) is 0. The summed E-state index contributed by atoms with van der Waals surface area (Å²) in [7, 11) is 0. The molecular weight excluding hydrogens is 238 g/mol. The number of nitrogens with zero attached hydrogens (tertiary/aromatic N) is 1. The molecule has 0 aliphatic rings. The molecule has 0 spiro atoms. The van der Waals surface area contributed by atoms with E-state index in [2.05, 4.69) is 17.1 Å². The van der Waals surface area contributed by atoms with Crippen LogP contribution in [0.1, 0.15) is 24.8 Å². The van der Waals surface area contributed by atoms with E-state index in [1.165, 1.54) is 22.4 Å². The summed E-state index contributed by atoms with van der Waals surface area (Å²) in [6, 6.07) is 8.25. The van der Waals surface area contributed by atoms with E-state index in [-0.39, 0.29) is 0 Å². The van der Waals surface area contributed by atoms with Crippen LogP contribution in [0.3, 0.4) is 0 Å². The molecule has 3 nitrogen and oxygen atoms in total. The number of hydrogen-bond donors (Lipinski definition) is 1. The van der Waals surface area contributed by atoms with Crippen LogP contribution in [0.5, 0.6) is 0 Å². The fourth-order valence-corrected chi connectivity index (χ4v) is 2.14. The van der Waals surface area contributed by atoms with E-state index < -0.39 is 5.97 Å². The van der Waals surface area contributed by atoms with Crippen molar-refractivity contribution in [2.45, 2.75) is 25.7 Å². The van der Waals surface area contributed by atoms with Crippen LogP contribution < -0.4 is 0 Å². The molecule has 0 aliphatic heterocycles. The van der Waals surface area contributed by atoms with E-state index in [0.717, 1.165) is 25.7 Å². The molecule has 0 fully saturated rings. The number of allylic oxidation sites excluding steroid dienone is 1. The van der Waals surface area contributed by atoms with Crippen molar-refractivity contribution in [1.82, 2.24) is 4.98 Å². The number of hydrogen-bond acceptors (Lipinski definition) is 2. The van der Waals surface area contributed by atoms with E-state index >= 15 is 0 Å². The molecule has 0 bridgehead atoms. The summed E-state index contributed by atoms with van der Waals surface area (Å²) < 4.78 is 0. The molecule has 1 aromatic heterocycles. The van der Waals surface area contributed by atoms with Crippen LogP contribution >= 0.6 is 0 Å². The first kappa shape index (κ1) is 13.3. The number of carboxylic acids is 1. The van der Waals surface area contributed by atoms with Crippen molar-refractivity contribution in [2.24, 2.45) is 0 Å². The number of benzene rings is 1. The summed E-state index contributed by atoms with van der Waals surface area (Å²) >= 11 is 0. The minimum Gasteiger partial charge on any atom is -0.478 e. The highest BCUT2D eigenvalue weighted by molar-refractivity contribution is 5.84. The number of carbonyl (C=O) groups is 1. The molecule has 19 heavy (non-hydrogen) atoms. The van der Waals surface area contributed by atoms with Gasteiger partial charge in [-0.15, -0.1) is 0 Å². The van der Waals surface area contributed by atoms with Crippen LogP contribution in [0.15, 0.2) is 48.8 Å². The molecular formula is C16H17NO2. The Kier molecular flexibility index (Phi) is 4.67. The van der Waals surface area contributed by atoms with Gasteiger partial charge in [-0.25, -0.2) is 4.79 Å². The maximum Gasteiger partial charge on any atom is 0.327 e. The van der Waals surface area contributed by atoms with Crippen molar-refractivity contribution in [2.75, 3.05) is 0 Å². The van der Waals surface area contributed by atoms with Gasteiger partial charge in [0.1, 0.15) is 0 Å². The van der Waals surface area contributed by atoms with Crippen molar-refractivity contribution >= 4 is 16.7 Å². The van der Waals surface area contributed by atoms with E-state index in [1.807, 2.05) is 24.5 Å². The number of aromatic nitrogens is 1. The molecule has 3 heteroatoms. The molecule has 1 N–H and O–H groups in total. The maximum atomic E-state index is 10.3. The Balaban J connectivity index is 1.90. The number of aliphatic carboxylic acids is 1. The third kappa shape index (κ3) is 3.91. The van der Waals surface area contributed by atoms with E-state index in [0.29, 0.717) is 0 Å². The summed E-state index contributed by atoms with van der Waals surface area (Å²) in [5.74, 6) is -0.877. The SMILES string of the molecule is O=C(O)C=CCCCCc1cncc2ccccc12. The lowest BCUT2D eigenvalue weighted by molar-refractivity contribution is -0.131. The number of fused-ring (bicyclic) bond motifs is 1. The molecule has 0 saturated carbocycles. The van der Waals surface area contributed by atoms with Gasteiger partial charge in [-0.05, 0) is 36.6 Å². The lowest BCUT2D eigenvalue weighted by atomic mass is 10.0. The van der Waals surface area contributed by atoms with Crippen LogP contribution in [0.4, 0.5) is 0 Å². The van der Waals surface area contributed by atoms with Gasteiger partial charge in [0.15, 0.2) is 0 Å². The largest absolute Gasteiger partial charge is 0.478 e. The summed E-state index contributed by atoms with van der Waals surface area (Å²) in [5.41, 5.74) is 1.26. The van der Waals surface area contributed by atoms with Crippen molar-refractivity contribution < 1.29 is 9.90 Å². The normalized spacial score (nSPS) is 11.2. The predicted octanol–water partition coefficient (Wildman–Crippen LogP) is 3.59. The molecule has 0 atom stereocenters. The van der Waals surface area contributed by atoms with Gasteiger partial charge in [-0.3, -0.25) is 4.98 Å². The van der Waals surface area contributed by atoms with Crippen LogP contribution in [0, 0.1) is 0 Å². The number of carboxylic acid groups (broad SMARTS) is 1. The predicted molar refractivity (Wildman–Crippen MR) is 76.1 cm³/mol. The summed E-state index contributed by atoms with van der Waals surface area (Å²) in [6.07, 6.45) is 10.6. The van der Waals surface area contributed by atoms with Gasteiger partial charge in [-0.1, -0.05) is 30.3 Å². The zero-order chi connectivity index (χ0) is 13.5. The average molecular weight is 255 g/mol. The van der Waals surface area contributed by atoms with Gasteiger partial charge >= 0.3 is 5.97 Å². The molecule has 0 saturated heterocycles. The van der Waals surface area contributed by atoms with Gasteiger partial charge in [0.2, 0.25) is 0 Å². The monoisotopic (exact) mass is 255 g/mol. The highest BCUT2D eigenvalue weighted by Gasteiger charge is 2.00. The van der Waals surface area contributed by atoms with Gasteiger partial charge in [-0.2, -0.15) is 0 Å². The second-order valence-corrected chi connectivity index (χ2v) is 4.51. The second-order valence-electron chi connectivity index (χ2n) is 4.51. The van der Waals surface area contributed by atoms with Gasteiger partial charge in [0, 0.05) is 23.9 Å². The number of aryl methyl sites for hydroxylation is 1. The standard InChI is InChI=1S/C16H17NO2/c18-16(19)10-4-2-1-3-7-13-11-17-12-14-8-5-6-9-15(13)14/h4-6,8-12H,1-3,7H2,(H,18,19). The molecule has 1 aromatic carbocycles. The molecule has 2 rings (SSSR count). The Morgan fingerprint density at radius 1 is 1.21 bits per heavy atom. The van der Waals surface area contributed by atoms with Gasteiger partial charge in [0.25, 0.3) is 0 Å². The highest BCUT2D eigenvalue weighted by Crippen LogP contribution is 2.19. The van der Waals surface area contributed by atoms with Gasteiger partial charge < -0.3 is 5.11 Å². The van der Waals surface area contributed by atoms with Crippen LogP contribution in [0.2, 0.25) is 0 Å². The summed E-state index contributed by atoms with van der Waals surface area (Å²) in [4.78, 5) is 14.6. The van der Waals surface area contributed by atoms with Gasteiger partial charge in [0.05, 0.1) is 0 Å². The Bertz CT molecular complexity index is 585. The van der Waals surface area contributed by atoms with E-state index in [9.17, 15) is 4.79 Å². The van der Waals surface area contributed by atoms with Crippen molar-refractivity contribution in [3.05, 3.63) is 54.4 Å². The molecule has 1 heterocycles. The minimum atomic E-state index is -0.877.